The van der Waals surface area contributed by atoms with Gasteiger partial charge in [-0.25, -0.2) is 0 Å². The number of hydrogen-bond acceptors (Lipinski definition) is 2. The monoisotopic (exact) mass is 340 g/mol. The Morgan fingerprint density at radius 2 is 2.00 bits per heavy atom. The first kappa shape index (κ1) is 15.2. The Kier molecular flexibility index (Phi) is 3.41. The molecule has 0 unspecified atom stereocenters. The maximum Gasteiger partial charge on any atom is 0.268 e. The van der Waals surface area contributed by atoms with E-state index in [0.29, 0.717) is 22.7 Å². The number of anilines is 1. The van der Waals surface area contributed by atoms with E-state index in [2.05, 4.69) is 4.98 Å². The van der Waals surface area contributed by atoms with E-state index in [9.17, 15) is 9.90 Å². The van der Waals surface area contributed by atoms with Crippen LogP contribution in [0.25, 0.3) is 10.9 Å². The number of benzene rings is 2. The average Bonchev–Trinajstić information content (AvgIpc) is 3.10. The number of H-pyrrole nitrogens is 1. The number of rotatable bonds is 3. The molecule has 1 atom stereocenters. The van der Waals surface area contributed by atoms with Gasteiger partial charge in [-0.05, 0) is 30.7 Å². The minimum absolute atomic E-state index is 0.327. The summed E-state index contributed by atoms with van der Waals surface area (Å²) < 4.78 is 0. The summed E-state index contributed by atoms with van der Waals surface area (Å²) in [5, 5.41) is 12.9. The number of nitrogens with one attached hydrogen (secondary N) is 1. The van der Waals surface area contributed by atoms with E-state index in [-0.39, 0.29) is 5.91 Å². The van der Waals surface area contributed by atoms with Crippen LogP contribution in [0, 0.1) is 0 Å². The molecule has 0 saturated carbocycles. The van der Waals surface area contributed by atoms with Gasteiger partial charge in [0.2, 0.25) is 0 Å². The summed E-state index contributed by atoms with van der Waals surface area (Å²) in [6.45, 7) is 2.56. The zero-order valence-electron chi connectivity index (χ0n) is 13.2. The summed E-state index contributed by atoms with van der Waals surface area (Å²) in [7, 11) is 0. The van der Waals surface area contributed by atoms with Crippen molar-refractivity contribution in [3.8, 4) is 0 Å². The number of amides is 1. The number of fused-ring (bicyclic) bond motifs is 2. The van der Waals surface area contributed by atoms with E-state index in [4.69, 9.17) is 11.6 Å². The van der Waals surface area contributed by atoms with Gasteiger partial charge < -0.3 is 15.0 Å². The van der Waals surface area contributed by atoms with E-state index in [1.54, 1.807) is 29.3 Å². The number of carbonyl (C=O) groups is 1. The second kappa shape index (κ2) is 5.36. The average molecular weight is 341 g/mol. The Morgan fingerprint density at radius 1 is 1.21 bits per heavy atom. The molecule has 0 bridgehead atoms. The van der Waals surface area contributed by atoms with Crippen molar-refractivity contribution in [2.75, 3.05) is 11.4 Å². The summed E-state index contributed by atoms with van der Waals surface area (Å²) in [6, 6.07) is 12.9. The number of aromatic nitrogens is 1. The number of halogens is 1. The molecule has 0 radical (unpaired) electrons. The van der Waals surface area contributed by atoms with E-state index in [1.165, 1.54) is 0 Å². The third kappa shape index (κ3) is 1.93. The maximum absolute atomic E-state index is 13.1. The van der Waals surface area contributed by atoms with Crippen LogP contribution in [0.15, 0.2) is 48.7 Å². The molecule has 0 spiro atoms. The normalized spacial score (nSPS) is 20.0. The fourth-order valence-corrected chi connectivity index (χ4v) is 3.70. The Bertz CT molecular complexity index is 949. The molecule has 1 aromatic heterocycles. The molecular formula is C19H17ClN2O2. The molecule has 1 amide bonds. The third-order valence-electron chi connectivity index (χ3n) is 4.62. The minimum Gasteiger partial charge on any atom is -0.372 e. The first-order valence-electron chi connectivity index (χ1n) is 7.98. The fraction of sp³-hybridized carbons (Fsp3) is 0.211. The largest absolute Gasteiger partial charge is 0.372 e. The molecule has 2 N–H and O–H groups in total. The fourth-order valence-electron chi connectivity index (χ4n) is 3.53. The van der Waals surface area contributed by atoms with Gasteiger partial charge in [-0.15, -0.1) is 0 Å². The summed E-state index contributed by atoms with van der Waals surface area (Å²) >= 11 is 6.15. The lowest BCUT2D eigenvalue weighted by Crippen LogP contribution is -2.41. The molecule has 1 aliphatic rings. The third-order valence-corrected chi connectivity index (χ3v) is 4.86. The van der Waals surface area contributed by atoms with Crippen LogP contribution in [-0.2, 0) is 10.4 Å². The Morgan fingerprint density at radius 3 is 2.79 bits per heavy atom. The lowest BCUT2D eigenvalue weighted by Gasteiger charge is -2.23. The smallest absolute Gasteiger partial charge is 0.268 e. The highest BCUT2D eigenvalue weighted by atomic mass is 35.5. The van der Waals surface area contributed by atoms with Gasteiger partial charge in [0.25, 0.3) is 5.91 Å². The zero-order valence-corrected chi connectivity index (χ0v) is 14.0. The topological polar surface area (TPSA) is 56.3 Å². The van der Waals surface area contributed by atoms with Crippen LogP contribution < -0.4 is 4.90 Å². The number of aliphatic hydroxyl groups is 1. The van der Waals surface area contributed by atoms with Crippen molar-refractivity contribution >= 4 is 34.1 Å². The number of para-hydroxylation sites is 1. The van der Waals surface area contributed by atoms with E-state index in [0.717, 1.165) is 23.0 Å². The van der Waals surface area contributed by atoms with Crippen LogP contribution in [0.4, 0.5) is 5.69 Å². The molecule has 2 heterocycles. The standard InChI is InChI=1S/C19H17ClN2O2/c1-2-9-22-17-8-7-12(20)10-14(17)19(24,18(22)23)15-11-21-16-6-4-3-5-13(15)16/h3-8,10-11,21,24H,2,9H2,1H3/t19-/m0/s1. The van der Waals surface area contributed by atoms with Crippen molar-refractivity contribution in [1.29, 1.82) is 0 Å². The number of hydrogen-bond donors (Lipinski definition) is 2. The maximum atomic E-state index is 13.1. The molecule has 5 heteroatoms. The number of aromatic amines is 1. The van der Waals surface area contributed by atoms with Crippen molar-refractivity contribution < 1.29 is 9.90 Å². The van der Waals surface area contributed by atoms with Gasteiger partial charge in [-0.1, -0.05) is 36.7 Å². The molecule has 24 heavy (non-hydrogen) atoms. The second-order valence-electron chi connectivity index (χ2n) is 6.08. The van der Waals surface area contributed by atoms with Crippen molar-refractivity contribution in [2.24, 2.45) is 0 Å². The molecule has 0 saturated heterocycles. The van der Waals surface area contributed by atoms with E-state index in [1.807, 2.05) is 31.2 Å². The van der Waals surface area contributed by atoms with E-state index < -0.39 is 5.60 Å². The SMILES string of the molecule is CCCN1C(=O)[C@@](O)(c2c[nH]c3ccccc23)c2cc(Cl)ccc21. The van der Waals surface area contributed by atoms with Crippen LogP contribution in [0.5, 0.6) is 0 Å². The first-order valence-corrected chi connectivity index (χ1v) is 8.36. The van der Waals surface area contributed by atoms with E-state index >= 15 is 0 Å². The Labute approximate surface area is 144 Å². The molecular weight excluding hydrogens is 324 g/mol. The Hall–Kier alpha value is -2.30. The Balaban J connectivity index is 2.00. The van der Waals surface area contributed by atoms with Gasteiger partial charge in [-0.2, -0.15) is 0 Å². The van der Waals surface area contributed by atoms with Crippen LogP contribution >= 0.6 is 11.6 Å². The van der Waals surface area contributed by atoms with Gasteiger partial charge in [0, 0.05) is 39.8 Å². The molecule has 0 fully saturated rings. The van der Waals surface area contributed by atoms with Crippen molar-refractivity contribution in [3.05, 3.63) is 64.8 Å². The van der Waals surface area contributed by atoms with Crippen LogP contribution in [0.1, 0.15) is 24.5 Å². The highest BCUT2D eigenvalue weighted by Crippen LogP contribution is 2.47. The first-order chi connectivity index (χ1) is 11.6. The van der Waals surface area contributed by atoms with Gasteiger partial charge in [0.1, 0.15) is 0 Å². The molecule has 3 aromatic rings. The second-order valence-corrected chi connectivity index (χ2v) is 6.51. The number of carbonyl (C=O) groups excluding carboxylic acids is 1. The highest BCUT2D eigenvalue weighted by Gasteiger charge is 2.51. The van der Waals surface area contributed by atoms with Gasteiger partial charge >= 0.3 is 0 Å². The molecule has 4 rings (SSSR count). The summed E-state index contributed by atoms with van der Waals surface area (Å²) in [5.74, 6) is -0.327. The highest BCUT2D eigenvalue weighted by molar-refractivity contribution is 6.31. The summed E-state index contributed by atoms with van der Waals surface area (Å²) in [6.07, 6.45) is 2.51. The molecule has 122 valence electrons. The molecule has 0 aliphatic carbocycles. The van der Waals surface area contributed by atoms with Gasteiger partial charge in [-0.3, -0.25) is 4.79 Å². The van der Waals surface area contributed by atoms with Crippen LogP contribution in [0.3, 0.4) is 0 Å². The van der Waals surface area contributed by atoms with Crippen molar-refractivity contribution in [3.63, 3.8) is 0 Å². The summed E-state index contributed by atoms with van der Waals surface area (Å²) in [5.41, 5.74) is 0.975. The van der Waals surface area contributed by atoms with Crippen molar-refractivity contribution in [2.45, 2.75) is 18.9 Å². The van der Waals surface area contributed by atoms with Gasteiger partial charge in [0.15, 0.2) is 5.60 Å². The minimum atomic E-state index is -1.73. The lowest BCUT2D eigenvalue weighted by atomic mass is 9.87. The molecule has 4 nitrogen and oxygen atoms in total. The zero-order chi connectivity index (χ0) is 16.9. The quantitative estimate of drug-likeness (QED) is 0.761. The predicted octanol–water partition coefficient (Wildman–Crippen LogP) is 3.81. The van der Waals surface area contributed by atoms with Crippen molar-refractivity contribution in [1.82, 2.24) is 4.98 Å². The number of nitrogens with zero attached hydrogens (tertiary/aromatic N) is 1. The molecule has 2 aromatic carbocycles. The van der Waals surface area contributed by atoms with Crippen LogP contribution in [0.2, 0.25) is 5.02 Å². The lowest BCUT2D eigenvalue weighted by molar-refractivity contribution is -0.132. The predicted molar refractivity (Wildman–Crippen MR) is 95.4 cm³/mol. The van der Waals surface area contributed by atoms with Gasteiger partial charge in [0.05, 0.1) is 5.69 Å². The summed E-state index contributed by atoms with van der Waals surface area (Å²) in [4.78, 5) is 17.9. The molecule has 1 aliphatic heterocycles. The van der Waals surface area contributed by atoms with Crippen LogP contribution in [-0.4, -0.2) is 22.5 Å².